The molecule has 2 amide bonds. The van der Waals surface area contributed by atoms with E-state index in [1.807, 2.05) is 37.3 Å². The first-order valence-electron chi connectivity index (χ1n) is 14.0. The third-order valence-electron chi connectivity index (χ3n) is 7.39. The molecule has 10 nitrogen and oxygen atoms in total. The summed E-state index contributed by atoms with van der Waals surface area (Å²) < 4.78 is 51.0. The Morgan fingerprint density at radius 1 is 1.09 bits per heavy atom. The quantitative estimate of drug-likeness (QED) is 0.268. The number of pyridine rings is 1. The maximum atomic E-state index is 14.2. The first-order chi connectivity index (χ1) is 21.0. The molecule has 2 N–H and O–H groups in total. The van der Waals surface area contributed by atoms with Gasteiger partial charge in [-0.05, 0) is 48.9 Å². The Hall–Kier alpha value is -4.20. The molecule has 4 aromatic rings. The lowest BCUT2D eigenvalue weighted by Gasteiger charge is -2.21. The molecule has 0 bridgehead atoms. The standard InChI is InChI=1S/C31H35F2N7O3S/c1-20-29(22-11-13-28(34-17-22)38-44(3,4)42)37-40(23-8-6-5-7-9-23)30(20)36-31(41)35-27-19-39(14-15-43-2)18-24(27)21-10-12-25(32)26(33)16-21/h5-13,16-17,24,27H,14-15,18-19H2,1-4H3,(H2,35,36,41)/t24-,27+/m0/s1. The van der Waals surface area contributed by atoms with Crippen LogP contribution in [0.15, 0.2) is 71.2 Å². The van der Waals surface area contributed by atoms with Gasteiger partial charge in [0.25, 0.3) is 0 Å². The monoisotopic (exact) mass is 623 g/mol. The number of aromatic nitrogens is 3. The van der Waals surface area contributed by atoms with Crippen molar-refractivity contribution in [3.8, 4) is 16.9 Å². The number of nitrogens with one attached hydrogen (secondary N) is 2. The number of hydrogen-bond acceptors (Lipinski definition) is 7. The smallest absolute Gasteiger partial charge is 0.320 e. The van der Waals surface area contributed by atoms with Crippen molar-refractivity contribution < 1.29 is 22.5 Å². The van der Waals surface area contributed by atoms with Crippen LogP contribution in [-0.2, 0) is 14.5 Å². The maximum Gasteiger partial charge on any atom is 0.320 e. The molecular weight excluding hydrogens is 588 g/mol. The van der Waals surface area contributed by atoms with Crippen LogP contribution in [0.2, 0.25) is 0 Å². The van der Waals surface area contributed by atoms with Gasteiger partial charge in [-0.1, -0.05) is 24.3 Å². The van der Waals surface area contributed by atoms with Gasteiger partial charge in [0.05, 0.1) is 24.0 Å². The van der Waals surface area contributed by atoms with Gasteiger partial charge in [-0.15, -0.1) is 0 Å². The highest BCUT2D eigenvalue weighted by Gasteiger charge is 2.35. The fourth-order valence-corrected chi connectivity index (χ4v) is 5.86. The van der Waals surface area contributed by atoms with E-state index in [1.54, 1.807) is 48.7 Å². The minimum absolute atomic E-state index is 0.265. The number of ether oxygens (including phenoxy) is 1. The molecule has 0 spiro atoms. The van der Waals surface area contributed by atoms with Gasteiger partial charge in [-0.2, -0.15) is 9.46 Å². The number of halogens is 2. The first-order valence-corrected chi connectivity index (χ1v) is 16.4. The van der Waals surface area contributed by atoms with Gasteiger partial charge in [0.2, 0.25) is 0 Å². The van der Waals surface area contributed by atoms with Crippen LogP contribution in [0.5, 0.6) is 0 Å². The topological polar surface area (TPSA) is 114 Å². The average Bonchev–Trinajstić information content (AvgIpc) is 3.53. The first kappa shape index (κ1) is 31.2. The summed E-state index contributed by atoms with van der Waals surface area (Å²) in [6, 6.07) is 15.9. The summed E-state index contributed by atoms with van der Waals surface area (Å²) in [6.45, 7) is 4.04. The molecule has 0 radical (unpaired) electrons. The number of hydrogen-bond donors (Lipinski definition) is 2. The minimum atomic E-state index is -2.37. The number of rotatable bonds is 9. The highest BCUT2D eigenvalue weighted by Crippen LogP contribution is 2.32. The molecular formula is C31H35F2N7O3S. The van der Waals surface area contributed by atoms with Crippen molar-refractivity contribution in [2.75, 3.05) is 51.2 Å². The van der Waals surface area contributed by atoms with E-state index in [9.17, 15) is 17.8 Å². The Morgan fingerprint density at radius 2 is 1.86 bits per heavy atom. The molecule has 2 atom stereocenters. The van der Waals surface area contributed by atoms with Crippen molar-refractivity contribution >= 4 is 27.4 Å². The van der Waals surface area contributed by atoms with E-state index in [-0.39, 0.29) is 12.0 Å². The Kier molecular flexibility index (Phi) is 9.37. The van der Waals surface area contributed by atoms with Crippen LogP contribution >= 0.6 is 0 Å². The Morgan fingerprint density at radius 3 is 2.52 bits per heavy atom. The molecule has 0 saturated carbocycles. The predicted molar refractivity (Wildman–Crippen MR) is 167 cm³/mol. The van der Waals surface area contributed by atoms with Crippen molar-refractivity contribution in [1.82, 2.24) is 25.0 Å². The fourth-order valence-electron chi connectivity index (χ4n) is 5.31. The van der Waals surface area contributed by atoms with Crippen LogP contribution < -0.4 is 10.6 Å². The molecule has 44 heavy (non-hydrogen) atoms. The molecule has 2 aromatic heterocycles. The second-order valence-corrected chi connectivity index (χ2v) is 13.5. The number of para-hydroxylation sites is 1. The molecule has 0 aliphatic carbocycles. The van der Waals surface area contributed by atoms with Crippen LogP contribution in [0.25, 0.3) is 16.9 Å². The zero-order chi connectivity index (χ0) is 31.4. The van der Waals surface area contributed by atoms with Gasteiger partial charge >= 0.3 is 6.03 Å². The number of methoxy groups -OCH3 is 1. The zero-order valence-corrected chi connectivity index (χ0v) is 25.8. The van der Waals surface area contributed by atoms with Crippen molar-refractivity contribution in [2.24, 2.45) is 4.36 Å². The third-order valence-corrected chi connectivity index (χ3v) is 8.01. The molecule has 5 rings (SSSR count). The predicted octanol–water partition coefficient (Wildman–Crippen LogP) is 5.12. The SMILES string of the molecule is COCCN1C[C@@H](NC(=O)Nc2c(C)c(-c3ccc(N=S(C)(C)=O)nc3)nn2-c2ccccc2)[C@H](c2ccc(F)c(F)c2)C1. The number of likely N-dealkylation sites (tertiary alicyclic amines) is 1. The summed E-state index contributed by atoms with van der Waals surface area (Å²) in [5.41, 5.74) is 3.34. The van der Waals surface area contributed by atoms with E-state index in [4.69, 9.17) is 9.84 Å². The molecule has 2 aromatic carbocycles. The molecule has 1 aliphatic heterocycles. The number of amides is 2. The lowest BCUT2D eigenvalue weighted by Crippen LogP contribution is -2.42. The summed E-state index contributed by atoms with van der Waals surface area (Å²) in [5, 5.41) is 10.9. The molecule has 1 aliphatic rings. The molecule has 1 saturated heterocycles. The molecule has 1 fully saturated rings. The van der Waals surface area contributed by atoms with Crippen molar-refractivity contribution in [1.29, 1.82) is 0 Å². The molecule has 13 heteroatoms. The highest BCUT2D eigenvalue weighted by molar-refractivity contribution is 7.92. The number of carbonyl (C=O) groups excluding carboxylic acids is 1. The largest absolute Gasteiger partial charge is 0.383 e. The average molecular weight is 624 g/mol. The van der Waals surface area contributed by atoms with Gasteiger partial charge in [0.1, 0.15) is 5.82 Å². The lowest BCUT2D eigenvalue weighted by molar-refractivity contribution is 0.159. The number of benzene rings is 2. The van der Waals surface area contributed by atoms with E-state index in [1.165, 1.54) is 6.07 Å². The molecule has 232 valence electrons. The maximum absolute atomic E-state index is 14.2. The number of nitrogens with zero attached hydrogens (tertiary/aromatic N) is 5. The summed E-state index contributed by atoms with van der Waals surface area (Å²) in [4.78, 5) is 20.0. The Bertz CT molecular complexity index is 1750. The van der Waals surface area contributed by atoms with Crippen LogP contribution in [0.4, 0.5) is 25.2 Å². The lowest BCUT2D eigenvalue weighted by atomic mass is 9.94. The van der Waals surface area contributed by atoms with Gasteiger partial charge in [0.15, 0.2) is 17.5 Å². The van der Waals surface area contributed by atoms with E-state index >= 15 is 0 Å². The van der Waals surface area contributed by atoms with E-state index in [0.717, 1.165) is 11.8 Å². The molecule has 0 unspecified atom stereocenters. The van der Waals surface area contributed by atoms with Crippen LogP contribution in [0, 0.1) is 18.6 Å². The summed E-state index contributed by atoms with van der Waals surface area (Å²) >= 11 is 0. The number of urea groups is 1. The normalized spacial score (nSPS) is 17.0. The highest BCUT2D eigenvalue weighted by atomic mass is 32.2. The summed E-state index contributed by atoms with van der Waals surface area (Å²) in [5.74, 6) is -1.29. The van der Waals surface area contributed by atoms with Gasteiger partial charge in [-0.3, -0.25) is 10.2 Å². The second kappa shape index (κ2) is 13.2. The van der Waals surface area contributed by atoms with Gasteiger partial charge in [-0.25, -0.2) is 27.5 Å². The molecule has 3 heterocycles. The van der Waals surface area contributed by atoms with E-state index < -0.39 is 27.4 Å². The second-order valence-electron chi connectivity index (χ2n) is 11.0. The summed E-state index contributed by atoms with van der Waals surface area (Å²) in [7, 11) is -0.748. The van der Waals surface area contributed by atoms with E-state index in [0.29, 0.717) is 60.3 Å². The fraction of sp³-hybridized carbons (Fsp3) is 0.323. The Balaban J connectivity index is 1.43. The van der Waals surface area contributed by atoms with E-state index in [2.05, 4.69) is 24.9 Å². The number of carbonyl (C=O) groups is 1. The van der Waals surface area contributed by atoms with Crippen molar-refractivity contribution in [3.05, 3.63) is 89.6 Å². The zero-order valence-electron chi connectivity index (χ0n) is 25.0. The van der Waals surface area contributed by atoms with Crippen molar-refractivity contribution in [2.45, 2.75) is 18.9 Å². The number of anilines is 1. The minimum Gasteiger partial charge on any atom is -0.383 e. The van der Waals surface area contributed by atoms with Gasteiger partial charge < -0.3 is 10.1 Å². The van der Waals surface area contributed by atoms with Crippen LogP contribution in [0.1, 0.15) is 17.0 Å². The van der Waals surface area contributed by atoms with Crippen LogP contribution in [-0.4, -0.2) is 81.8 Å². The Labute approximate surface area is 255 Å². The van der Waals surface area contributed by atoms with Crippen LogP contribution in [0.3, 0.4) is 0 Å². The summed E-state index contributed by atoms with van der Waals surface area (Å²) in [6.07, 6.45) is 4.69. The van der Waals surface area contributed by atoms with Gasteiger partial charge in [0, 0.05) is 72.2 Å². The van der Waals surface area contributed by atoms with Crippen molar-refractivity contribution in [3.63, 3.8) is 0 Å². The third kappa shape index (κ3) is 7.29.